The molecule has 0 aliphatic carbocycles. The van der Waals surface area contributed by atoms with Crippen LogP contribution in [-0.2, 0) is 18.9 Å². The highest BCUT2D eigenvalue weighted by Gasteiger charge is 2.37. The van der Waals surface area contributed by atoms with Crippen LogP contribution in [0.1, 0.15) is 12.5 Å². The topological polar surface area (TPSA) is 36.9 Å². The van der Waals surface area contributed by atoms with Crippen LogP contribution in [0.15, 0.2) is 36.4 Å². The second-order valence-corrected chi connectivity index (χ2v) is 4.47. The average Bonchev–Trinajstić information content (AvgIpc) is 2.82. The van der Waals surface area contributed by atoms with Crippen molar-refractivity contribution in [1.29, 1.82) is 0 Å². The van der Waals surface area contributed by atoms with Crippen molar-refractivity contribution < 1.29 is 18.9 Å². The van der Waals surface area contributed by atoms with E-state index in [2.05, 4.69) is 12.1 Å². The smallest absolute Gasteiger partial charge is 0.280 e. The number of ether oxygens (including phenoxy) is 4. The summed E-state index contributed by atoms with van der Waals surface area (Å²) in [6.45, 7) is 3.30. The predicted molar refractivity (Wildman–Crippen MR) is 72.5 cm³/mol. The normalized spacial score (nSPS) is 27.2. The van der Waals surface area contributed by atoms with E-state index >= 15 is 0 Å². The lowest BCUT2D eigenvalue weighted by Gasteiger charge is -2.20. The molecule has 1 fully saturated rings. The van der Waals surface area contributed by atoms with Gasteiger partial charge in [-0.15, -0.1) is 0 Å². The van der Waals surface area contributed by atoms with Crippen LogP contribution in [0.3, 0.4) is 0 Å². The Labute approximate surface area is 113 Å². The van der Waals surface area contributed by atoms with Crippen LogP contribution in [0.25, 0.3) is 6.08 Å². The summed E-state index contributed by atoms with van der Waals surface area (Å²) in [6, 6.07) is 10.1. The van der Waals surface area contributed by atoms with E-state index in [1.54, 1.807) is 14.0 Å². The molecule has 1 aromatic rings. The van der Waals surface area contributed by atoms with Crippen molar-refractivity contribution in [2.75, 3.05) is 26.9 Å². The van der Waals surface area contributed by atoms with E-state index in [0.717, 1.165) is 0 Å². The summed E-state index contributed by atoms with van der Waals surface area (Å²) in [4.78, 5) is 0. The van der Waals surface area contributed by atoms with Gasteiger partial charge in [-0.2, -0.15) is 0 Å². The van der Waals surface area contributed by atoms with Crippen LogP contribution in [0.4, 0.5) is 0 Å². The summed E-state index contributed by atoms with van der Waals surface area (Å²) in [5.41, 5.74) is 1.17. The lowest BCUT2D eigenvalue weighted by Crippen LogP contribution is -2.29. The van der Waals surface area contributed by atoms with E-state index in [-0.39, 0.29) is 6.10 Å². The van der Waals surface area contributed by atoms with Gasteiger partial charge in [0.1, 0.15) is 6.10 Å². The van der Waals surface area contributed by atoms with Crippen molar-refractivity contribution in [3.63, 3.8) is 0 Å². The molecule has 1 aromatic carbocycles. The molecule has 0 aromatic heterocycles. The molecule has 1 aliphatic heterocycles. The van der Waals surface area contributed by atoms with E-state index in [1.807, 2.05) is 30.4 Å². The Bertz CT molecular complexity index is 404. The zero-order valence-electron chi connectivity index (χ0n) is 11.4. The monoisotopic (exact) mass is 264 g/mol. The maximum Gasteiger partial charge on any atom is 0.280 e. The largest absolute Gasteiger partial charge is 0.375 e. The van der Waals surface area contributed by atoms with E-state index in [0.29, 0.717) is 19.8 Å². The first kappa shape index (κ1) is 14.2. The Hall–Kier alpha value is -1.20. The van der Waals surface area contributed by atoms with E-state index in [4.69, 9.17) is 18.9 Å². The Morgan fingerprint density at radius 3 is 2.84 bits per heavy atom. The Morgan fingerprint density at radius 1 is 1.37 bits per heavy atom. The molecule has 1 saturated heterocycles. The first-order valence-corrected chi connectivity index (χ1v) is 6.38. The number of hydrogen-bond acceptors (Lipinski definition) is 4. The van der Waals surface area contributed by atoms with E-state index in [9.17, 15) is 0 Å². The quantitative estimate of drug-likeness (QED) is 0.740. The zero-order chi connectivity index (χ0) is 13.6. The summed E-state index contributed by atoms with van der Waals surface area (Å²) in [7, 11) is 1.56. The van der Waals surface area contributed by atoms with Gasteiger partial charge < -0.3 is 18.9 Å². The summed E-state index contributed by atoms with van der Waals surface area (Å²) in [5, 5.41) is 0. The van der Waals surface area contributed by atoms with E-state index in [1.165, 1.54) is 5.56 Å². The molecule has 2 atom stereocenters. The molecule has 0 spiro atoms. The van der Waals surface area contributed by atoms with Crippen LogP contribution < -0.4 is 0 Å². The minimum atomic E-state index is -0.923. The molecule has 0 radical (unpaired) electrons. The third-order valence-corrected chi connectivity index (χ3v) is 2.91. The maximum atomic E-state index is 5.57. The molecule has 0 amide bonds. The van der Waals surface area contributed by atoms with E-state index < -0.39 is 5.97 Å². The van der Waals surface area contributed by atoms with Gasteiger partial charge in [0, 0.05) is 14.0 Å². The average molecular weight is 264 g/mol. The van der Waals surface area contributed by atoms with Crippen LogP contribution in [-0.4, -0.2) is 39.0 Å². The van der Waals surface area contributed by atoms with Crippen molar-refractivity contribution in [2.45, 2.75) is 19.0 Å². The highest BCUT2D eigenvalue weighted by atomic mass is 16.9. The number of benzene rings is 1. The summed E-state index contributed by atoms with van der Waals surface area (Å²) < 4.78 is 21.6. The molecule has 1 heterocycles. The first-order valence-electron chi connectivity index (χ1n) is 6.38. The fourth-order valence-electron chi connectivity index (χ4n) is 1.82. The fraction of sp³-hybridized carbons (Fsp3) is 0.467. The highest BCUT2D eigenvalue weighted by molar-refractivity contribution is 5.48. The molecule has 104 valence electrons. The predicted octanol–water partition coefficient (Wildman–Crippen LogP) is 2.45. The van der Waals surface area contributed by atoms with Crippen molar-refractivity contribution in [1.82, 2.24) is 0 Å². The zero-order valence-corrected chi connectivity index (χ0v) is 11.4. The van der Waals surface area contributed by atoms with Gasteiger partial charge >= 0.3 is 0 Å². The molecule has 0 saturated carbocycles. The molecule has 1 aliphatic rings. The Kier molecular flexibility index (Phi) is 5.10. The number of hydrogen-bond donors (Lipinski definition) is 0. The van der Waals surface area contributed by atoms with Crippen molar-refractivity contribution >= 4 is 6.08 Å². The first-order chi connectivity index (χ1) is 9.22. The van der Waals surface area contributed by atoms with Gasteiger partial charge in [-0.3, -0.25) is 0 Å². The van der Waals surface area contributed by atoms with Crippen LogP contribution >= 0.6 is 0 Å². The SMILES string of the molecule is COC1(C)OCC(COC/C=C/c2ccccc2)O1. The summed E-state index contributed by atoms with van der Waals surface area (Å²) >= 11 is 0. The molecule has 0 bridgehead atoms. The summed E-state index contributed by atoms with van der Waals surface area (Å²) in [6.07, 6.45) is 3.95. The third-order valence-electron chi connectivity index (χ3n) is 2.91. The number of rotatable bonds is 6. The second kappa shape index (κ2) is 6.82. The highest BCUT2D eigenvalue weighted by Crippen LogP contribution is 2.23. The fourth-order valence-corrected chi connectivity index (χ4v) is 1.82. The molecule has 2 rings (SSSR count). The minimum absolute atomic E-state index is 0.0740. The van der Waals surface area contributed by atoms with Crippen LogP contribution in [0, 0.1) is 0 Å². The Morgan fingerprint density at radius 2 is 2.16 bits per heavy atom. The maximum absolute atomic E-state index is 5.57. The van der Waals surface area contributed by atoms with Crippen LogP contribution in [0.5, 0.6) is 0 Å². The molecule has 4 nitrogen and oxygen atoms in total. The van der Waals surface area contributed by atoms with Gasteiger partial charge in [-0.05, 0) is 5.56 Å². The Balaban J connectivity index is 1.64. The number of methoxy groups -OCH3 is 1. The third kappa shape index (κ3) is 4.44. The van der Waals surface area contributed by atoms with Crippen molar-refractivity contribution in [3.05, 3.63) is 42.0 Å². The second-order valence-electron chi connectivity index (χ2n) is 4.47. The van der Waals surface area contributed by atoms with Gasteiger partial charge in [0.2, 0.25) is 0 Å². The molecule has 4 heteroatoms. The van der Waals surface area contributed by atoms with Crippen molar-refractivity contribution in [3.8, 4) is 0 Å². The van der Waals surface area contributed by atoms with Crippen LogP contribution in [0.2, 0.25) is 0 Å². The molecule has 0 N–H and O–H groups in total. The van der Waals surface area contributed by atoms with Gasteiger partial charge in [0.25, 0.3) is 5.97 Å². The molecular weight excluding hydrogens is 244 g/mol. The standard InChI is InChI=1S/C15H20O4/c1-15(16-2)18-12-14(19-15)11-17-10-6-9-13-7-4-3-5-8-13/h3-9,14H,10-12H2,1-2H3/b9-6+. The molecular formula is C15H20O4. The van der Waals surface area contributed by atoms with Gasteiger partial charge in [0.15, 0.2) is 0 Å². The van der Waals surface area contributed by atoms with Gasteiger partial charge in [0.05, 0.1) is 19.8 Å². The minimum Gasteiger partial charge on any atom is -0.375 e. The summed E-state index contributed by atoms with van der Waals surface area (Å²) in [5.74, 6) is -0.923. The molecule has 19 heavy (non-hydrogen) atoms. The lowest BCUT2D eigenvalue weighted by molar-refractivity contribution is -0.314. The van der Waals surface area contributed by atoms with Gasteiger partial charge in [-0.25, -0.2) is 0 Å². The molecule has 2 unspecified atom stereocenters. The van der Waals surface area contributed by atoms with Gasteiger partial charge in [-0.1, -0.05) is 42.5 Å². The lowest BCUT2D eigenvalue weighted by atomic mass is 10.2. The van der Waals surface area contributed by atoms with Crippen molar-refractivity contribution in [2.24, 2.45) is 0 Å².